The normalized spacial score (nSPS) is 18.4. The number of nitrogens with zero attached hydrogens (tertiary/aromatic N) is 2. The summed E-state index contributed by atoms with van der Waals surface area (Å²) in [4.78, 5) is 2.29. The molecule has 1 heterocycles. The van der Waals surface area contributed by atoms with Gasteiger partial charge in [0.05, 0.1) is 5.69 Å². The number of aromatic nitrogens is 1. The Morgan fingerprint density at radius 3 is 2.87 bits per heavy atom. The van der Waals surface area contributed by atoms with Crippen molar-refractivity contribution in [2.75, 3.05) is 13.6 Å². The van der Waals surface area contributed by atoms with Gasteiger partial charge in [0.1, 0.15) is 5.76 Å². The average Bonchev–Trinajstić information content (AvgIpc) is 2.93. The summed E-state index contributed by atoms with van der Waals surface area (Å²) in [7, 11) is 2.11. The Balaban J connectivity index is 1.92. The van der Waals surface area contributed by atoms with Crippen LogP contribution in [-0.2, 0) is 6.54 Å². The number of nitrogens with two attached hydrogens (primary N) is 1. The van der Waals surface area contributed by atoms with E-state index in [4.69, 9.17) is 10.3 Å². The minimum Gasteiger partial charge on any atom is -0.361 e. The van der Waals surface area contributed by atoms with Gasteiger partial charge in [-0.05, 0) is 32.7 Å². The van der Waals surface area contributed by atoms with Gasteiger partial charge >= 0.3 is 0 Å². The average molecular weight is 209 g/mol. The number of likely N-dealkylation sites (N-methyl/N-ethyl adjacent to an activating group) is 1. The van der Waals surface area contributed by atoms with Gasteiger partial charge in [0, 0.05) is 25.2 Å². The van der Waals surface area contributed by atoms with Crippen molar-refractivity contribution < 1.29 is 4.52 Å². The van der Waals surface area contributed by atoms with E-state index >= 15 is 0 Å². The fourth-order valence-electron chi connectivity index (χ4n) is 2.08. The first-order chi connectivity index (χ1) is 7.20. The molecule has 2 rings (SSSR count). The molecule has 0 saturated heterocycles. The first-order valence-electron chi connectivity index (χ1n) is 5.53. The van der Waals surface area contributed by atoms with Crippen LogP contribution in [0.25, 0.3) is 0 Å². The SMILES string of the molecule is Cc1cc(CN(C)C(CN)C2CC2)no1. The van der Waals surface area contributed by atoms with Crippen LogP contribution in [-0.4, -0.2) is 29.7 Å². The van der Waals surface area contributed by atoms with E-state index in [-0.39, 0.29) is 0 Å². The van der Waals surface area contributed by atoms with E-state index in [1.54, 1.807) is 0 Å². The maximum absolute atomic E-state index is 5.79. The largest absolute Gasteiger partial charge is 0.361 e. The van der Waals surface area contributed by atoms with E-state index in [0.717, 1.165) is 30.5 Å². The molecule has 0 bridgehead atoms. The Bertz CT molecular complexity index is 319. The Labute approximate surface area is 90.4 Å². The molecule has 1 aromatic rings. The summed E-state index contributed by atoms with van der Waals surface area (Å²) in [5.41, 5.74) is 6.78. The monoisotopic (exact) mass is 209 g/mol. The Kier molecular flexibility index (Phi) is 3.07. The van der Waals surface area contributed by atoms with Crippen molar-refractivity contribution in [3.05, 3.63) is 17.5 Å². The van der Waals surface area contributed by atoms with Gasteiger partial charge in [-0.25, -0.2) is 0 Å². The van der Waals surface area contributed by atoms with Gasteiger partial charge in [0.2, 0.25) is 0 Å². The number of aryl methyl sites for hydroxylation is 1. The molecule has 4 nitrogen and oxygen atoms in total. The lowest BCUT2D eigenvalue weighted by Gasteiger charge is -2.25. The molecule has 0 radical (unpaired) electrons. The first-order valence-corrected chi connectivity index (χ1v) is 5.53. The highest BCUT2D eigenvalue weighted by Gasteiger charge is 2.32. The molecular formula is C11H19N3O. The molecule has 84 valence electrons. The summed E-state index contributed by atoms with van der Waals surface area (Å²) in [6.07, 6.45) is 2.65. The maximum Gasteiger partial charge on any atom is 0.133 e. The molecular weight excluding hydrogens is 190 g/mol. The Morgan fingerprint density at radius 2 is 2.40 bits per heavy atom. The maximum atomic E-state index is 5.79. The summed E-state index contributed by atoms with van der Waals surface area (Å²) >= 11 is 0. The van der Waals surface area contributed by atoms with E-state index in [9.17, 15) is 0 Å². The third kappa shape index (κ3) is 2.58. The lowest BCUT2D eigenvalue weighted by molar-refractivity contribution is 0.209. The van der Waals surface area contributed by atoms with Crippen molar-refractivity contribution in [3.8, 4) is 0 Å². The standard InChI is InChI=1S/C11H19N3O/c1-8-5-10(13-15-8)7-14(2)11(6-12)9-3-4-9/h5,9,11H,3-4,6-7,12H2,1-2H3. The number of rotatable bonds is 5. The van der Waals surface area contributed by atoms with Crippen LogP contribution in [0.3, 0.4) is 0 Å². The highest BCUT2D eigenvalue weighted by Crippen LogP contribution is 2.34. The van der Waals surface area contributed by atoms with E-state index in [1.807, 2.05) is 13.0 Å². The molecule has 1 atom stereocenters. The molecule has 0 aromatic carbocycles. The smallest absolute Gasteiger partial charge is 0.133 e. The molecule has 15 heavy (non-hydrogen) atoms. The summed E-state index contributed by atoms with van der Waals surface area (Å²) in [5, 5.41) is 3.99. The van der Waals surface area contributed by atoms with Crippen molar-refractivity contribution >= 4 is 0 Å². The number of hydrogen-bond donors (Lipinski definition) is 1. The zero-order valence-electron chi connectivity index (χ0n) is 9.44. The molecule has 0 aliphatic heterocycles. The second-order valence-electron chi connectivity index (χ2n) is 4.48. The van der Waals surface area contributed by atoms with Gasteiger partial charge in [-0.1, -0.05) is 5.16 Å². The van der Waals surface area contributed by atoms with Crippen LogP contribution in [0.15, 0.2) is 10.6 Å². The quantitative estimate of drug-likeness (QED) is 0.790. The van der Waals surface area contributed by atoms with Gasteiger partial charge in [-0.3, -0.25) is 4.90 Å². The summed E-state index contributed by atoms with van der Waals surface area (Å²) < 4.78 is 5.05. The summed E-state index contributed by atoms with van der Waals surface area (Å²) in [5.74, 6) is 1.67. The first kappa shape index (κ1) is 10.6. The van der Waals surface area contributed by atoms with Gasteiger partial charge in [-0.15, -0.1) is 0 Å². The number of hydrogen-bond acceptors (Lipinski definition) is 4. The Hall–Kier alpha value is -0.870. The van der Waals surface area contributed by atoms with Crippen molar-refractivity contribution in [2.24, 2.45) is 11.7 Å². The van der Waals surface area contributed by atoms with Crippen LogP contribution in [0.2, 0.25) is 0 Å². The van der Waals surface area contributed by atoms with Crippen molar-refractivity contribution in [2.45, 2.75) is 32.4 Å². The van der Waals surface area contributed by atoms with Crippen LogP contribution in [0.1, 0.15) is 24.3 Å². The predicted molar refractivity (Wildman–Crippen MR) is 58.3 cm³/mol. The Morgan fingerprint density at radius 1 is 1.67 bits per heavy atom. The van der Waals surface area contributed by atoms with Crippen LogP contribution in [0.5, 0.6) is 0 Å². The zero-order chi connectivity index (χ0) is 10.8. The molecule has 0 spiro atoms. The molecule has 1 aliphatic carbocycles. The van der Waals surface area contributed by atoms with Crippen molar-refractivity contribution in [3.63, 3.8) is 0 Å². The second-order valence-corrected chi connectivity index (χ2v) is 4.48. The van der Waals surface area contributed by atoms with Gasteiger partial charge in [-0.2, -0.15) is 0 Å². The van der Waals surface area contributed by atoms with E-state index in [1.165, 1.54) is 12.8 Å². The molecule has 1 aromatic heterocycles. The third-order valence-electron chi connectivity index (χ3n) is 3.06. The minimum absolute atomic E-state index is 0.502. The molecule has 0 amide bonds. The van der Waals surface area contributed by atoms with Gasteiger partial charge in [0.25, 0.3) is 0 Å². The van der Waals surface area contributed by atoms with Crippen LogP contribution >= 0.6 is 0 Å². The van der Waals surface area contributed by atoms with E-state index < -0.39 is 0 Å². The van der Waals surface area contributed by atoms with Gasteiger partial charge < -0.3 is 10.3 Å². The minimum atomic E-state index is 0.502. The highest BCUT2D eigenvalue weighted by atomic mass is 16.5. The molecule has 1 unspecified atom stereocenters. The zero-order valence-corrected chi connectivity index (χ0v) is 9.44. The molecule has 2 N–H and O–H groups in total. The third-order valence-corrected chi connectivity index (χ3v) is 3.06. The lowest BCUT2D eigenvalue weighted by Crippen LogP contribution is -2.39. The molecule has 4 heteroatoms. The fourth-order valence-corrected chi connectivity index (χ4v) is 2.08. The topological polar surface area (TPSA) is 55.3 Å². The van der Waals surface area contributed by atoms with Crippen molar-refractivity contribution in [1.82, 2.24) is 10.1 Å². The molecule has 1 aliphatic rings. The summed E-state index contributed by atoms with van der Waals surface area (Å²) in [6.45, 7) is 3.48. The second kappa shape index (κ2) is 4.33. The fraction of sp³-hybridized carbons (Fsp3) is 0.727. The van der Waals surface area contributed by atoms with Crippen molar-refractivity contribution in [1.29, 1.82) is 0 Å². The lowest BCUT2D eigenvalue weighted by atomic mass is 10.1. The van der Waals surface area contributed by atoms with E-state index in [0.29, 0.717) is 6.04 Å². The summed E-state index contributed by atoms with van der Waals surface area (Å²) in [6, 6.07) is 2.48. The van der Waals surface area contributed by atoms with Crippen LogP contribution in [0, 0.1) is 12.8 Å². The highest BCUT2D eigenvalue weighted by molar-refractivity contribution is 5.04. The van der Waals surface area contributed by atoms with Crippen LogP contribution in [0.4, 0.5) is 0 Å². The van der Waals surface area contributed by atoms with Gasteiger partial charge in [0.15, 0.2) is 0 Å². The van der Waals surface area contributed by atoms with E-state index in [2.05, 4.69) is 17.1 Å². The van der Waals surface area contributed by atoms with Crippen LogP contribution < -0.4 is 5.73 Å². The molecule has 1 fully saturated rings. The predicted octanol–water partition coefficient (Wildman–Crippen LogP) is 1.15. The molecule has 1 saturated carbocycles.